The van der Waals surface area contributed by atoms with Crippen molar-refractivity contribution < 1.29 is 29.0 Å². The van der Waals surface area contributed by atoms with Crippen molar-refractivity contribution in [3.8, 4) is 11.5 Å². The molecule has 0 aromatic heterocycles. The third-order valence-electron chi connectivity index (χ3n) is 9.38. The number of methoxy groups -OCH3 is 1. The van der Waals surface area contributed by atoms with Crippen LogP contribution in [0, 0.1) is 29.6 Å². The van der Waals surface area contributed by atoms with Crippen molar-refractivity contribution in [1.29, 1.82) is 0 Å². The number of phenols is 1. The van der Waals surface area contributed by atoms with E-state index in [0.717, 1.165) is 14.5 Å². The first-order chi connectivity index (χ1) is 20.7. The molecule has 0 unspecified atom stereocenters. The average Bonchev–Trinajstić information content (AvgIpc) is 3.41. The molecule has 1 saturated carbocycles. The Labute approximate surface area is 264 Å². The van der Waals surface area contributed by atoms with Gasteiger partial charge in [0.05, 0.1) is 42.2 Å². The highest BCUT2D eigenvalue weighted by molar-refractivity contribution is 9.10. The average molecular weight is 706 g/mol. The molecule has 3 aromatic carbocycles. The van der Waals surface area contributed by atoms with Crippen LogP contribution < -0.4 is 14.5 Å². The number of phenolic OH excluding ortho intramolecular Hbond substituents is 1. The zero-order valence-corrected chi connectivity index (χ0v) is 26.1. The van der Waals surface area contributed by atoms with Gasteiger partial charge in [0.2, 0.25) is 23.6 Å². The molecule has 2 heterocycles. The Bertz CT molecular complexity index is 1720. The van der Waals surface area contributed by atoms with Gasteiger partial charge in [0.15, 0.2) is 11.5 Å². The predicted octanol–water partition coefficient (Wildman–Crippen LogP) is 5.97. The number of fused-ring (bicyclic) bond motifs is 4. The van der Waals surface area contributed by atoms with Gasteiger partial charge in [-0.3, -0.25) is 29.0 Å². The maximum atomic E-state index is 14.2. The van der Waals surface area contributed by atoms with E-state index in [1.54, 1.807) is 66.7 Å². The van der Waals surface area contributed by atoms with Crippen LogP contribution in [0.3, 0.4) is 0 Å². The second-order valence-electron chi connectivity index (χ2n) is 11.4. The van der Waals surface area contributed by atoms with Gasteiger partial charge < -0.3 is 9.84 Å². The second-order valence-corrected chi connectivity index (χ2v) is 13.3. The number of benzene rings is 3. The van der Waals surface area contributed by atoms with Crippen LogP contribution in [0.25, 0.3) is 0 Å². The first-order valence-corrected chi connectivity index (χ1v) is 15.6. The minimum Gasteiger partial charge on any atom is -0.504 e. The summed E-state index contributed by atoms with van der Waals surface area (Å²) in [5.74, 6) is -4.59. The van der Waals surface area contributed by atoms with Crippen LogP contribution in [0.1, 0.15) is 24.3 Å². The molecule has 1 N–H and O–H groups in total. The first kappa shape index (κ1) is 28.0. The van der Waals surface area contributed by atoms with Gasteiger partial charge in [-0.15, -0.1) is 0 Å². The molecule has 10 heteroatoms. The molecule has 2 aliphatic heterocycles. The summed E-state index contributed by atoms with van der Waals surface area (Å²) < 4.78 is 6.91. The monoisotopic (exact) mass is 704 g/mol. The summed E-state index contributed by atoms with van der Waals surface area (Å²) in [7, 11) is 1.46. The zero-order valence-electron chi connectivity index (χ0n) is 22.9. The van der Waals surface area contributed by atoms with Crippen molar-refractivity contribution in [3.05, 3.63) is 92.9 Å². The maximum absolute atomic E-state index is 14.2. The van der Waals surface area contributed by atoms with Gasteiger partial charge in [-0.05, 0) is 85.0 Å². The Morgan fingerprint density at radius 2 is 1.28 bits per heavy atom. The van der Waals surface area contributed by atoms with Crippen molar-refractivity contribution in [2.45, 2.75) is 18.8 Å². The van der Waals surface area contributed by atoms with E-state index >= 15 is 0 Å². The molecule has 2 saturated heterocycles. The summed E-state index contributed by atoms with van der Waals surface area (Å²) >= 11 is 6.82. The van der Waals surface area contributed by atoms with Crippen LogP contribution >= 0.6 is 31.9 Å². The van der Waals surface area contributed by atoms with E-state index < -0.39 is 35.5 Å². The first-order valence-electron chi connectivity index (χ1n) is 14.0. The van der Waals surface area contributed by atoms with E-state index in [1.807, 2.05) is 6.08 Å². The number of aromatic hydroxyl groups is 1. The summed E-state index contributed by atoms with van der Waals surface area (Å²) in [6, 6.07) is 19.1. The molecule has 0 radical (unpaired) electrons. The quantitative estimate of drug-likeness (QED) is 0.265. The number of anilines is 2. The number of nitrogens with zero attached hydrogens (tertiary/aromatic N) is 2. The molecule has 3 aromatic rings. The van der Waals surface area contributed by atoms with Crippen LogP contribution in [0.15, 0.2) is 87.3 Å². The third kappa shape index (κ3) is 4.29. The molecule has 8 nitrogen and oxygen atoms in total. The molecule has 6 atom stereocenters. The normalized spacial score (nSPS) is 28.0. The van der Waals surface area contributed by atoms with Gasteiger partial charge in [0.1, 0.15) is 0 Å². The summed E-state index contributed by atoms with van der Waals surface area (Å²) in [6.07, 6.45) is 2.62. The Morgan fingerprint density at radius 1 is 0.721 bits per heavy atom. The van der Waals surface area contributed by atoms with E-state index in [-0.39, 0.29) is 41.5 Å². The number of hydrogen-bond acceptors (Lipinski definition) is 6. The van der Waals surface area contributed by atoms with Crippen LogP contribution in [0.2, 0.25) is 0 Å². The fraction of sp³-hybridized carbons (Fsp3) is 0.273. The highest BCUT2D eigenvalue weighted by atomic mass is 79.9. The molecule has 218 valence electrons. The van der Waals surface area contributed by atoms with E-state index in [9.17, 15) is 24.3 Å². The Kier molecular flexibility index (Phi) is 6.81. The topological polar surface area (TPSA) is 104 Å². The Balaban J connectivity index is 1.33. The van der Waals surface area contributed by atoms with Crippen LogP contribution in [0.5, 0.6) is 11.5 Å². The lowest BCUT2D eigenvalue weighted by Gasteiger charge is -2.44. The van der Waals surface area contributed by atoms with Crippen LogP contribution in [-0.2, 0) is 19.2 Å². The number of allylic oxidation sites excluding steroid dienone is 2. The summed E-state index contributed by atoms with van der Waals surface area (Å²) in [4.78, 5) is 58.5. The van der Waals surface area contributed by atoms with E-state index in [0.29, 0.717) is 23.4 Å². The second kappa shape index (κ2) is 10.4. The third-order valence-corrected chi connectivity index (χ3v) is 10.4. The maximum Gasteiger partial charge on any atom is 0.238 e. The lowest BCUT2D eigenvalue weighted by Crippen LogP contribution is -2.43. The highest BCUT2D eigenvalue weighted by Crippen LogP contribution is 2.58. The smallest absolute Gasteiger partial charge is 0.238 e. The van der Waals surface area contributed by atoms with Crippen molar-refractivity contribution in [3.63, 3.8) is 0 Å². The molecule has 43 heavy (non-hydrogen) atoms. The highest BCUT2D eigenvalue weighted by Gasteiger charge is 2.62. The largest absolute Gasteiger partial charge is 0.504 e. The number of halogens is 2. The number of rotatable bonds is 4. The van der Waals surface area contributed by atoms with Crippen molar-refractivity contribution in [2.24, 2.45) is 29.6 Å². The molecule has 7 rings (SSSR count). The summed E-state index contributed by atoms with van der Waals surface area (Å²) in [5.41, 5.74) is 2.51. The van der Waals surface area contributed by atoms with Gasteiger partial charge in [-0.1, -0.05) is 49.6 Å². The lowest BCUT2D eigenvalue weighted by molar-refractivity contribution is -0.126. The molecule has 2 aliphatic carbocycles. The lowest BCUT2D eigenvalue weighted by atomic mass is 9.57. The van der Waals surface area contributed by atoms with E-state index in [1.165, 1.54) is 16.9 Å². The Morgan fingerprint density at radius 3 is 1.84 bits per heavy atom. The number of imide groups is 2. The van der Waals surface area contributed by atoms with Gasteiger partial charge in [-0.25, -0.2) is 0 Å². The molecular weight excluding hydrogens is 680 g/mol. The standard InChI is InChI=1S/C33H26Br2N2O6/c1-43-26-13-2-16(14-25(26)38)27-21-11-12-22-28(32(41)36(30(22)39)19-7-3-17(34)4-8-19)23(21)15-24-29(27)33(42)37(31(24)40)20-9-5-18(35)6-10-20/h2-11,13-14,22-24,27-29,38H,12,15H2,1H3/t22-,23+,24+,27-,28-,29+/m0/s1. The number of hydrogen-bond donors (Lipinski definition) is 1. The SMILES string of the molecule is COc1ccc([C@H]2C3=CC[C@@H]4C(=O)N(c5ccc(Br)cc5)C(=O)[C@@H]4[C@@H]3C[C@H]3C(=O)N(c4ccc(Br)cc4)C(=O)[C@@H]23)cc1O. The minimum atomic E-state index is -0.724. The van der Waals surface area contributed by atoms with Crippen LogP contribution in [0.4, 0.5) is 11.4 Å². The van der Waals surface area contributed by atoms with Gasteiger partial charge in [0.25, 0.3) is 0 Å². The fourth-order valence-electron chi connectivity index (χ4n) is 7.55. The van der Waals surface area contributed by atoms with Crippen molar-refractivity contribution in [2.75, 3.05) is 16.9 Å². The summed E-state index contributed by atoms with van der Waals surface area (Å²) in [6.45, 7) is 0. The minimum absolute atomic E-state index is 0.0805. The fourth-order valence-corrected chi connectivity index (χ4v) is 8.08. The van der Waals surface area contributed by atoms with Gasteiger partial charge >= 0.3 is 0 Å². The molecule has 4 aliphatic rings. The Hall–Kier alpha value is -3.76. The van der Waals surface area contributed by atoms with E-state index in [4.69, 9.17) is 4.74 Å². The van der Waals surface area contributed by atoms with Gasteiger partial charge in [-0.2, -0.15) is 0 Å². The molecule has 4 amide bonds. The van der Waals surface area contributed by atoms with Gasteiger partial charge in [0, 0.05) is 14.9 Å². The molecule has 0 bridgehead atoms. The summed E-state index contributed by atoms with van der Waals surface area (Å²) in [5, 5.41) is 10.7. The number of carbonyl (C=O) groups is 4. The van der Waals surface area contributed by atoms with E-state index in [2.05, 4.69) is 31.9 Å². The van der Waals surface area contributed by atoms with Crippen LogP contribution in [-0.4, -0.2) is 35.8 Å². The molecular formula is C33H26Br2N2O6. The molecule has 0 spiro atoms. The zero-order chi connectivity index (χ0) is 30.2. The number of carbonyl (C=O) groups excluding carboxylic acids is 4. The number of amides is 4. The number of ether oxygens (including phenoxy) is 1. The van der Waals surface area contributed by atoms with Crippen molar-refractivity contribution >= 4 is 66.9 Å². The molecule has 3 fully saturated rings. The van der Waals surface area contributed by atoms with Crippen molar-refractivity contribution in [1.82, 2.24) is 0 Å². The predicted molar refractivity (Wildman–Crippen MR) is 165 cm³/mol.